The number of hydrogen-bond donors (Lipinski definition) is 0. The largest absolute Gasteiger partial charge is 0.492 e. The van der Waals surface area contributed by atoms with Crippen LogP contribution in [0.2, 0.25) is 0 Å². The van der Waals surface area contributed by atoms with Gasteiger partial charge in [0, 0.05) is 17.5 Å². The summed E-state index contributed by atoms with van der Waals surface area (Å²) in [4.78, 5) is 11.7. The smallest absolute Gasteiger partial charge is 0.306 e. The Morgan fingerprint density at radius 2 is 1.77 bits per heavy atom. The van der Waals surface area contributed by atoms with Gasteiger partial charge >= 0.3 is 5.97 Å². The molecule has 0 saturated carbocycles. The number of carbonyl (C=O) groups is 1. The molecule has 1 aliphatic heterocycles. The average molecular weight is 465 g/mol. The van der Waals surface area contributed by atoms with E-state index >= 15 is 0 Å². The van der Waals surface area contributed by atoms with Crippen molar-refractivity contribution in [3.63, 3.8) is 0 Å². The maximum atomic E-state index is 11.7. The molecule has 4 aromatic carbocycles. The van der Waals surface area contributed by atoms with E-state index in [0.29, 0.717) is 13.0 Å². The third kappa shape index (κ3) is 3.83. The van der Waals surface area contributed by atoms with Crippen LogP contribution in [0, 0.1) is 6.92 Å². The van der Waals surface area contributed by atoms with Gasteiger partial charge in [0.15, 0.2) is 0 Å². The van der Waals surface area contributed by atoms with Gasteiger partial charge < -0.3 is 14.2 Å². The Morgan fingerprint density at radius 3 is 2.63 bits per heavy atom. The van der Waals surface area contributed by atoms with E-state index in [4.69, 9.17) is 14.2 Å². The highest BCUT2D eigenvalue weighted by Crippen LogP contribution is 2.44. The molecule has 1 aliphatic carbocycles. The maximum Gasteiger partial charge on any atom is 0.306 e. The molecule has 0 N–H and O–H groups in total. The zero-order chi connectivity index (χ0) is 23.9. The molecule has 2 aliphatic rings. The molecule has 0 saturated heterocycles. The van der Waals surface area contributed by atoms with E-state index in [1.165, 1.54) is 45.7 Å². The number of fused-ring (bicyclic) bond motifs is 3. The van der Waals surface area contributed by atoms with E-state index in [1.54, 1.807) is 0 Å². The minimum absolute atomic E-state index is 0.00587. The molecule has 0 fully saturated rings. The summed E-state index contributed by atoms with van der Waals surface area (Å²) in [5.41, 5.74) is 7.58. The number of carbonyl (C=O) groups excluding carboxylic acids is 1. The molecule has 2 atom stereocenters. The van der Waals surface area contributed by atoms with Gasteiger partial charge in [0.2, 0.25) is 0 Å². The Balaban J connectivity index is 1.29. The van der Waals surface area contributed by atoms with Crippen LogP contribution in [0.25, 0.3) is 21.9 Å². The highest BCUT2D eigenvalue weighted by molar-refractivity contribution is 5.99. The SMILES string of the molecule is COC(=O)C[C@@H]1COc2cc(O[C@@H]3CCc4c(-c5cccc6cccc(C)c56)cccc43)ccc21. The first-order valence-corrected chi connectivity index (χ1v) is 12.2. The fourth-order valence-electron chi connectivity index (χ4n) is 5.69. The second-order valence-corrected chi connectivity index (χ2v) is 9.48. The van der Waals surface area contributed by atoms with E-state index in [2.05, 4.69) is 61.5 Å². The number of ether oxygens (including phenoxy) is 3. The molecule has 6 rings (SSSR count). The second-order valence-electron chi connectivity index (χ2n) is 9.48. The van der Waals surface area contributed by atoms with Gasteiger partial charge in [-0.2, -0.15) is 0 Å². The van der Waals surface area contributed by atoms with Gasteiger partial charge in [-0.15, -0.1) is 0 Å². The van der Waals surface area contributed by atoms with Gasteiger partial charge in [-0.05, 0) is 64.4 Å². The Bertz CT molecular complexity index is 1430. The minimum atomic E-state index is -0.216. The molecule has 0 radical (unpaired) electrons. The molecule has 0 aromatic heterocycles. The van der Waals surface area contributed by atoms with Gasteiger partial charge in [-0.1, -0.05) is 60.7 Å². The van der Waals surface area contributed by atoms with Gasteiger partial charge in [-0.3, -0.25) is 4.79 Å². The molecular weight excluding hydrogens is 436 g/mol. The number of aryl methyl sites for hydroxylation is 1. The van der Waals surface area contributed by atoms with E-state index in [9.17, 15) is 4.79 Å². The Kier molecular flexibility index (Phi) is 5.44. The summed E-state index contributed by atoms with van der Waals surface area (Å²) in [6.45, 7) is 2.68. The first kappa shape index (κ1) is 21.7. The van der Waals surface area contributed by atoms with Crippen molar-refractivity contribution in [2.24, 2.45) is 0 Å². The number of rotatable bonds is 5. The van der Waals surface area contributed by atoms with Crippen LogP contribution in [0.15, 0.2) is 72.8 Å². The minimum Gasteiger partial charge on any atom is -0.492 e. The molecule has 35 heavy (non-hydrogen) atoms. The lowest BCUT2D eigenvalue weighted by Gasteiger charge is -2.17. The molecule has 0 amide bonds. The van der Waals surface area contributed by atoms with Crippen LogP contribution >= 0.6 is 0 Å². The Hall–Kier alpha value is -3.79. The molecule has 1 heterocycles. The molecule has 0 spiro atoms. The summed E-state index contributed by atoms with van der Waals surface area (Å²) in [5, 5.41) is 2.60. The Morgan fingerprint density at radius 1 is 0.971 bits per heavy atom. The van der Waals surface area contributed by atoms with Crippen molar-refractivity contribution >= 4 is 16.7 Å². The molecular formula is C31H28O4. The van der Waals surface area contributed by atoms with Crippen molar-refractivity contribution in [3.05, 3.63) is 95.1 Å². The predicted molar refractivity (Wildman–Crippen MR) is 137 cm³/mol. The number of esters is 1. The molecule has 4 aromatic rings. The second kappa shape index (κ2) is 8.77. The third-order valence-electron chi connectivity index (χ3n) is 7.40. The van der Waals surface area contributed by atoms with Crippen molar-refractivity contribution in [3.8, 4) is 22.6 Å². The summed E-state index contributed by atoms with van der Waals surface area (Å²) in [6.07, 6.45) is 2.27. The molecule has 4 nitrogen and oxygen atoms in total. The predicted octanol–water partition coefficient (Wildman–Crippen LogP) is 6.92. The summed E-state index contributed by atoms with van der Waals surface area (Å²) in [7, 11) is 1.42. The summed E-state index contributed by atoms with van der Waals surface area (Å²) < 4.78 is 17.2. The van der Waals surface area contributed by atoms with Crippen LogP contribution in [0.5, 0.6) is 11.5 Å². The summed E-state index contributed by atoms with van der Waals surface area (Å²) in [5.74, 6) is 1.42. The first-order chi connectivity index (χ1) is 17.1. The van der Waals surface area contributed by atoms with Crippen LogP contribution in [0.4, 0.5) is 0 Å². The molecule has 176 valence electrons. The van der Waals surface area contributed by atoms with Crippen LogP contribution in [-0.2, 0) is 16.0 Å². The van der Waals surface area contributed by atoms with Crippen LogP contribution in [-0.4, -0.2) is 19.7 Å². The average Bonchev–Trinajstić information content (AvgIpc) is 3.47. The third-order valence-corrected chi connectivity index (χ3v) is 7.40. The zero-order valence-corrected chi connectivity index (χ0v) is 20.0. The zero-order valence-electron chi connectivity index (χ0n) is 20.0. The lowest BCUT2D eigenvalue weighted by molar-refractivity contribution is -0.141. The number of methoxy groups -OCH3 is 1. The van der Waals surface area contributed by atoms with Crippen molar-refractivity contribution < 1.29 is 19.0 Å². The normalized spacial score (nSPS) is 18.1. The van der Waals surface area contributed by atoms with E-state index < -0.39 is 0 Å². The Labute approximate surface area is 205 Å². The molecule has 0 unspecified atom stereocenters. The lowest BCUT2D eigenvalue weighted by atomic mass is 9.91. The van der Waals surface area contributed by atoms with Gasteiger partial charge in [0.25, 0.3) is 0 Å². The highest BCUT2D eigenvalue weighted by Gasteiger charge is 2.30. The summed E-state index contributed by atoms with van der Waals surface area (Å²) in [6, 6.07) is 25.6. The van der Waals surface area contributed by atoms with Crippen LogP contribution in [0.3, 0.4) is 0 Å². The first-order valence-electron chi connectivity index (χ1n) is 12.2. The molecule has 0 bridgehead atoms. The fraction of sp³-hybridized carbons (Fsp3) is 0.258. The van der Waals surface area contributed by atoms with Crippen LogP contribution < -0.4 is 9.47 Å². The van der Waals surface area contributed by atoms with E-state index in [1.807, 2.05) is 18.2 Å². The van der Waals surface area contributed by atoms with Crippen molar-refractivity contribution in [2.45, 2.75) is 38.2 Å². The van der Waals surface area contributed by atoms with Gasteiger partial charge in [-0.25, -0.2) is 0 Å². The van der Waals surface area contributed by atoms with Gasteiger partial charge in [0.05, 0.1) is 20.1 Å². The van der Waals surface area contributed by atoms with Crippen molar-refractivity contribution in [1.82, 2.24) is 0 Å². The number of benzene rings is 4. The standard InChI is InChI=1S/C31H28O4/c1-19-6-3-7-20-8-4-11-27(31(19)20)24-9-5-10-26-25(24)14-15-28(26)35-22-12-13-23-21(16-30(32)33-2)18-34-29(23)17-22/h3-13,17,21,28H,14-16,18H2,1-2H3/t21-,28-/m1/s1. The lowest BCUT2D eigenvalue weighted by Crippen LogP contribution is -2.09. The fourth-order valence-corrected chi connectivity index (χ4v) is 5.69. The topological polar surface area (TPSA) is 44.8 Å². The van der Waals surface area contributed by atoms with Crippen molar-refractivity contribution in [1.29, 1.82) is 0 Å². The van der Waals surface area contributed by atoms with E-state index in [-0.39, 0.29) is 18.0 Å². The number of hydrogen-bond acceptors (Lipinski definition) is 4. The van der Waals surface area contributed by atoms with Gasteiger partial charge in [0.1, 0.15) is 17.6 Å². The van der Waals surface area contributed by atoms with E-state index in [0.717, 1.165) is 29.9 Å². The monoisotopic (exact) mass is 464 g/mol. The maximum absolute atomic E-state index is 11.7. The molecule has 4 heteroatoms. The summed E-state index contributed by atoms with van der Waals surface area (Å²) >= 11 is 0. The quantitative estimate of drug-likeness (QED) is 0.301. The highest BCUT2D eigenvalue weighted by atomic mass is 16.5. The van der Waals surface area contributed by atoms with Crippen LogP contribution in [0.1, 0.15) is 47.1 Å². The van der Waals surface area contributed by atoms with Crippen molar-refractivity contribution in [2.75, 3.05) is 13.7 Å².